The highest BCUT2D eigenvalue weighted by atomic mass is 16.5. The highest BCUT2D eigenvalue weighted by molar-refractivity contribution is 5.99. The summed E-state index contributed by atoms with van der Waals surface area (Å²) in [5.74, 6) is 0.850. The first-order valence-electron chi connectivity index (χ1n) is 9.44. The maximum absolute atomic E-state index is 13.0. The minimum atomic E-state index is -0.179. The topological polar surface area (TPSA) is 50.8 Å². The number of likely N-dealkylation sites (tertiary alicyclic amines) is 1. The second-order valence-corrected chi connectivity index (χ2v) is 6.86. The lowest BCUT2D eigenvalue weighted by Gasteiger charge is -2.29. The SMILES string of the molecule is COc1cccc(OC)c1C(=O)NCC(c1ccccc1C)N1CCCC1. The molecule has 0 radical (unpaired) electrons. The van der Waals surface area contributed by atoms with Gasteiger partial charge in [-0.1, -0.05) is 30.3 Å². The minimum absolute atomic E-state index is 0.165. The Morgan fingerprint density at radius 3 is 2.26 bits per heavy atom. The van der Waals surface area contributed by atoms with Gasteiger partial charge in [0.05, 0.1) is 20.3 Å². The van der Waals surface area contributed by atoms with Gasteiger partial charge in [0.2, 0.25) is 0 Å². The molecule has 2 aromatic rings. The van der Waals surface area contributed by atoms with Crippen molar-refractivity contribution < 1.29 is 14.3 Å². The summed E-state index contributed by atoms with van der Waals surface area (Å²) in [4.78, 5) is 15.4. The number of carbonyl (C=O) groups is 1. The van der Waals surface area contributed by atoms with E-state index in [1.54, 1.807) is 26.4 Å². The zero-order valence-corrected chi connectivity index (χ0v) is 16.3. The maximum Gasteiger partial charge on any atom is 0.258 e. The van der Waals surface area contributed by atoms with Crippen LogP contribution in [0.5, 0.6) is 11.5 Å². The summed E-state index contributed by atoms with van der Waals surface area (Å²) in [6, 6.07) is 13.9. The molecule has 1 N–H and O–H groups in total. The summed E-state index contributed by atoms with van der Waals surface area (Å²) in [6.07, 6.45) is 2.41. The van der Waals surface area contributed by atoms with Gasteiger partial charge in [0.1, 0.15) is 17.1 Å². The second kappa shape index (κ2) is 8.91. The molecule has 1 aliphatic rings. The Labute approximate surface area is 161 Å². The number of ether oxygens (including phenoxy) is 2. The van der Waals surface area contributed by atoms with Crippen molar-refractivity contribution in [1.29, 1.82) is 0 Å². The average Bonchev–Trinajstić information content (AvgIpc) is 3.23. The molecule has 0 aromatic heterocycles. The molecule has 1 atom stereocenters. The van der Waals surface area contributed by atoms with Gasteiger partial charge in [-0.2, -0.15) is 0 Å². The van der Waals surface area contributed by atoms with Crippen LogP contribution in [0.25, 0.3) is 0 Å². The van der Waals surface area contributed by atoms with E-state index in [0.29, 0.717) is 23.6 Å². The smallest absolute Gasteiger partial charge is 0.258 e. The first-order valence-corrected chi connectivity index (χ1v) is 9.44. The number of aryl methyl sites for hydroxylation is 1. The van der Waals surface area contributed by atoms with Crippen molar-refractivity contribution >= 4 is 5.91 Å². The third-order valence-electron chi connectivity index (χ3n) is 5.24. The van der Waals surface area contributed by atoms with Crippen LogP contribution >= 0.6 is 0 Å². The normalized spacial score (nSPS) is 15.4. The fraction of sp³-hybridized carbons (Fsp3) is 0.409. The van der Waals surface area contributed by atoms with Crippen LogP contribution in [-0.2, 0) is 0 Å². The average molecular weight is 368 g/mol. The highest BCUT2D eigenvalue weighted by Gasteiger charge is 2.26. The van der Waals surface area contributed by atoms with Crippen LogP contribution < -0.4 is 14.8 Å². The van der Waals surface area contributed by atoms with Crippen molar-refractivity contribution in [3.05, 3.63) is 59.2 Å². The molecule has 1 unspecified atom stereocenters. The fourth-order valence-corrected chi connectivity index (χ4v) is 3.80. The van der Waals surface area contributed by atoms with Gasteiger partial charge >= 0.3 is 0 Å². The molecule has 2 aromatic carbocycles. The largest absolute Gasteiger partial charge is 0.496 e. The Morgan fingerprint density at radius 1 is 1.04 bits per heavy atom. The Bertz CT molecular complexity index is 763. The van der Waals surface area contributed by atoms with Gasteiger partial charge in [0, 0.05) is 6.54 Å². The van der Waals surface area contributed by atoms with Gasteiger partial charge in [0.15, 0.2) is 0 Å². The van der Waals surface area contributed by atoms with Crippen molar-refractivity contribution in [2.45, 2.75) is 25.8 Å². The first kappa shape index (κ1) is 19.2. The summed E-state index contributed by atoms with van der Waals surface area (Å²) in [5.41, 5.74) is 2.96. The number of hydrogen-bond acceptors (Lipinski definition) is 4. The zero-order valence-electron chi connectivity index (χ0n) is 16.3. The molecule has 5 nitrogen and oxygen atoms in total. The van der Waals surface area contributed by atoms with Gasteiger partial charge in [-0.15, -0.1) is 0 Å². The van der Waals surface area contributed by atoms with E-state index < -0.39 is 0 Å². The summed E-state index contributed by atoms with van der Waals surface area (Å²) >= 11 is 0. The minimum Gasteiger partial charge on any atom is -0.496 e. The van der Waals surface area contributed by atoms with E-state index >= 15 is 0 Å². The van der Waals surface area contributed by atoms with Crippen molar-refractivity contribution in [1.82, 2.24) is 10.2 Å². The van der Waals surface area contributed by atoms with E-state index in [0.717, 1.165) is 13.1 Å². The number of nitrogens with zero attached hydrogens (tertiary/aromatic N) is 1. The molecule has 27 heavy (non-hydrogen) atoms. The van der Waals surface area contributed by atoms with E-state index in [9.17, 15) is 4.79 Å². The van der Waals surface area contributed by atoms with Crippen molar-refractivity contribution in [2.75, 3.05) is 33.9 Å². The van der Waals surface area contributed by atoms with E-state index in [-0.39, 0.29) is 11.9 Å². The quantitative estimate of drug-likeness (QED) is 0.812. The highest BCUT2D eigenvalue weighted by Crippen LogP contribution is 2.30. The molecule has 1 amide bonds. The van der Waals surface area contributed by atoms with Crippen LogP contribution in [0.1, 0.15) is 40.4 Å². The number of nitrogens with one attached hydrogen (secondary N) is 1. The summed E-state index contributed by atoms with van der Waals surface area (Å²) in [5, 5.41) is 3.11. The number of benzene rings is 2. The summed E-state index contributed by atoms with van der Waals surface area (Å²) in [7, 11) is 3.12. The molecule has 1 saturated heterocycles. The molecule has 1 heterocycles. The van der Waals surface area contributed by atoms with Crippen molar-refractivity contribution in [3.63, 3.8) is 0 Å². The Hall–Kier alpha value is -2.53. The number of methoxy groups -OCH3 is 2. The van der Waals surface area contributed by atoms with E-state index in [2.05, 4.69) is 41.4 Å². The number of amides is 1. The van der Waals surface area contributed by atoms with Gasteiger partial charge < -0.3 is 14.8 Å². The molecular weight excluding hydrogens is 340 g/mol. The van der Waals surface area contributed by atoms with E-state index in [4.69, 9.17) is 9.47 Å². The predicted molar refractivity (Wildman–Crippen MR) is 107 cm³/mol. The third kappa shape index (κ3) is 4.25. The molecule has 5 heteroatoms. The van der Waals surface area contributed by atoms with Gasteiger partial charge in [-0.3, -0.25) is 9.69 Å². The van der Waals surface area contributed by atoms with Gasteiger partial charge in [0.25, 0.3) is 5.91 Å². The molecule has 0 saturated carbocycles. The molecule has 0 aliphatic carbocycles. The van der Waals surface area contributed by atoms with Crippen LogP contribution in [0.3, 0.4) is 0 Å². The number of carbonyl (C=O) groups excluding carboxylic acids is 1. The van der Waals surface area contributed by atoms with Gasteiger partial charge in [-0.25, -0.2) is 0 Å². The van der Waals surface area contributed by atoms with Gasteiger partial charge in [-0.05, 0) is 56.1 Å². The molecule has 1 fully saturated rings. The Morgan fingerprint density at radius 2 is 1.67 bits per heavy atom. The fourth-order valence-electron chi connectivity index (χ4n) is 3.80. The Kier molecular flexibility index (Phi) is 6.35. The van der Waals surface area contributed by atoms with Crippen LogP contribution in [0.2, 0.25) is 0 Å². The van der Waals surface area contributed by atoms with Crippen LogP contribution in [0, 0.1) is 6.92 Å². The maximum atomic E-state index is 13.0. The van der Waals surface area contributed by atoms with E-state index in [1.165, 1.54) is 24.0 Å². The molecule has 3 rings (SSSR count). The monoisotopic (exact) mass is 368 g/mol. The third-order valence-corrected chi connectivity index (χ3v) is 5.24. The van der Waals surface area contributed by atoms with Crippen molar-refractivity contribution in [3.8, 4) is 11.5 Å². The molecule has 144 valence electrons. The summed E-state index contributed by atoms with van der Waals surface area (Å²) < 4.78 is 10.7. The molecular formula is C22H28N2O3. The molecule has 0 bridgehead atoms. The van der Waals surface area contributed by atoms with Crippen molar-refractivity contribution in [2.24, 2.45) is 0 Å². The lowest BCUT2D eigenvalue weighted by molar-refractivity contribution is 0.0931. The number of hydrogen-bond donors (Lipinski definition) is 1. The van der Waals surface area contributed by atoms with Crippen LogP contribution in [-0.4, -0.2) is 44.7 Å². The lowest BCUT2D eigenvalue weighted by atomic mass is 10.00. The molecule has 1 aliphatic heterocycles. The van der Waals surface area contributed by atoms with E-state index in [1.807, 2.05) is 6.07 Å². The molecule has 0 spiro atoms. The second-order valence-electron chi connectivity index (χ2n) is 6.86. The Balaban J connectivity index is 1.82. The van der Waals surface area contributed by atoms with Crippen LogP contribution in [0.15, 0.2) is 42.5 Å². The number of rotatable bonds is 7. The zero-order chi connectivity index (χ0) is 19.2. The summed E-state index contributed by atoms with van der Waals surface area (Å²) in [6.45, 7) is 4.80. The van der Waals surface area contributed by atoms with Crippen LogP contribution in [0.4, 0.5) is 0 Å². The standard InChI is InChI=1S/C22H28N2O3/c1-16-9-4-5-10-17(16)18(24-13-6-7-14-24)15-23-22(25)21-19(26-2)11-8-12-20(21)27-3/h4-5,8-12,18H,6-7,13-15H2,1-3H3,(H,23,25). The lowest BCUT2D eigenvalue weighted by Crippen LogP contribution is -2.37. The predicted octanol–water partition coefficient (Wildman–Crippen LogP) is 3.58. The first-order chi connectivity index (χ1) is 13.2.